The summed E-state index contributed by atoms with van der Waals surface area (Å²) < 4.78 is 8.55. The molecule has 42 valence electrons. The van der Waals surface area contributed by atoms with Crippen LogP contribution in [0.1, 0.15) is 0 Å². The number of rotatable bonds is 0. The third kappa shape index (κ3) is 140. The van der Waals surface area contributed by atoms with Gasteiger partial charge in [-0.1, -0.05) is 0 Å². The fraction of sp³-hybridized carbons (Fsp3) is 0. The van der Waals surface area contributed by atoms with Crippen LogP contribution < -0.4 is 71.3 Å². The first-order valence-corrected chi connectivity index (χ1v) is 5.37. The molecule has 10 heteroatoms. The van der Waals surface area contributed by atoms with Crippen molar-refractivity contribution in [2.24, 2.45) is 0 Å². The fourth-order valence-electron chi connectivity index (χ4n) is 0. The molecular formula is GeLi3O4PS. The summed E-state index contributed by atoms with van der Waals surface area (Å²) >= 11 is 1.58. The van der Waals surface area contributed by atoms with Crippen LogP contribution in [-0.4, -0.2) is 14.9 Å². The molecule has 0 saturated carbocycles. The van der Waals surface area contributed by atoms with Crippen molar-refractivity contribution in [2.45, 2.75) is 0 Å². The van der Waals surface area contributed by atoms with E-state index in [1.54, 1.807) is 14.9 Å². The zero-order chi connectivity index (χ0) is 6.50. The summed E-state index contributed by atoms with van der Waals surface area (Å²) in [5.74, 6) is 0. The second-order valence-corrected chi connectivity index (χ2v) is 1.34. The van der Waals surface area contributed by atoms with Crippen molar-refractivity contribution >= 4 is 33.1 Å². The summed E-state index contributed by atoms with van der Waals surface area (Å²) in [6.45, 7) is 0. The average Bonchev–Trinajstić information content (AvgIpc) is 1.36. The van der Waals surface area contributed by atoms with Gasteiger partial charge in [-0.15, -0.1) is 0 Å². The van der Waals surface area contributed by atoms with E-state index in [0.29, 0.717) is 0 Å². The molecule has 0 aliphatic heterocycles. The Balaban J connectivity index is -0.0000000154. The molecule has 4 nitrogen and oxygen atoms in total. The van der Waals surface area contributed by atoms with Gasteiger partial charge in [0, 0.05) is 0 Å². The molecular weight excluding hydrogens is 220 g/mol. The van der Waals surface area contributed by atoms with Crippen molar-refractivity contribution in [3.8, 4) is 0 Å². The van der Waals surface area contributed by atoms with Crippen molar-refractivity contribution in [3.05, 3.63) is 0 Å². The van der Waals surface area contributed by atoms with Gasteiger partial charge < -0.3 is 19.2 Å². The van der Waals surface area contributed by atoms with Crippen LogP contribution in [0, 0.1) is 0 Å². The minimum atomic E-state index is -5.39. The van der Waals surface area contributed by atoms with E-state index in [1.807, 2.05) is 0 Å². The van der Waals surface area contributed by atoms with Crippen LogP contribution >= 0.6 is 18.3 Å². The summed E-state index contributed by atoms with van der Waals surface area (Å²) in [4.78, 5) is 25.6. The Bertz CT molecular complexity index is 76.3. The van der Waals surface area contributed by atoms with E-state index in [2.05, 4.69) is 10.5 Å². The van der Waals surface area contributed by atoms with Gasteiger partial charge >= 0.3 is 81.9 Å². The quantitative estimate of drug-likeness (QED) is 0.299. The van der Waals surface area contributed by atoms with Gasteiger partial charge in [-0.2, -0.15) is 7.82 Å². The van der Waals surface area contributed by atoms with E-state index in [1.165, 1.54) is 0 Å². The molecule has 0 aromatic heterocycles. The standard InChI is InChI=1S/GeS.3Li.H3O4P/c1-2;;;;1-5(2,3)4/h;;;;(H3,1,2,3,4)/q;3*+1;/p-3. The van der Waals surface area contributed by atoms with Gasteiger partial charge in [-0.25, -0.2) is 0 Å². The Morgan fingerprint density at radius 3 is 1.00 bits per heavy atom. The molecule has 0 unspecified atom stereocenters. The number of hydrogen-bond acceptors (Lipinski definition) is 5. The molecule has 0 saturated heterocycles. The SMILES string of the molecule is O=P([O-])([O-])[O-].[Li+].[Li+].[Li+].[S]=[Ge]. The summed E-state index contributed by atoms with van der Waals surface area (Å²) in [6, 6.07) is 0. The summed E-state index contributed by atoms with van der Waals surface area (Å²) in [6.07, 6.45) is 0. The van der Waals surface area contributed by atoms with Crippen LogP contribution in [0.2, 0.25) is 0 Å². The van der Waals surface area contributed by atoms with Crippen LogP contribution in [0.25, 0.3) is 0 Å². The normalized spacial score (nSPS) is 6.30. The second-order valence-electron chi connectivity index (χ2n) is 0.447. The van der Waals surface area contributed by atoms with Crippen LogP contribution in [0.5, 0.6) is 0 Å². The molecule has 0 bridgehead atoms. The third-order valence-electron chi connectivity index (χ3n) is 0. The van der Waals surface area contributed by atoms with Gasteiger partial charge in [-0.3, -0.25) is 0 Å². The molecule has 0 heterocycles. The van der Waals surface area contributed by atoms with E-state index < -0.39 is 7.82 Å². The Labute approximate surface area is 108 Å². The fourth-order valence-corrected chi connectivity index (χ4v) is 0. The number of hydrogen-bond donors (Lipinski definition) is 0. The molecule has 0 aliphatic rings. The Kier molecular flexibility index (Phi) is 51.8. The predicted molar refractivity (Wildman–Crippen MR) is 21.0 cm³/mol. The van der Waals surface area contributed by atoms with E-state index in [0.717, 1.165) is 0 Å². The maximum atomic E-state index is 8.55. The van der Waals surface area contributed by atoms with Crippen molar-refractivity contribution in [1.29, 1.82) is 0 Å². The van der Waals surface area contributed by atoms with E-state index >= 15 is 0 Å². The van der Waals surface area contributed by atoms with Crippen molar-refractivity contribution in [3.63, 3.8) is 0 Å². The number of phosphoric acid groups is 1. The monoisotopic (exact) mass is 222 g/mol. The zero-order valence-corrected chi connectivity index (χ0v) is 9.80. The van der Waals surface area contributed by atoms with Gasteiger partial charge in [0.05, 0.1) is 0 Å². The van der Waals surface area contributed by atoms with Gasteiger partial charge in [0.1, 0.15) is 0 Å². The van der Waals surface area contributed by atoms with E-state index in [4.69, 9.17) is 19.2 Å². The zero-order valence-electron chi connectivity index (χ0n) is 5.99. The van der Waals surface area contributed by atoms with Crippen LogP contribution in [-0.2, 0) is 4.57 Å². The minimum absolute atomic E-state index is 0. The Hall–Kier alpha value is 2.67. The first-order valence-electron chi connectivity index (χ1n) is 0.934. The van der Waals surface area contributed by atoms with Crippen LogP contribution in [0.3, 0.4) is 0 Å². The predicted octanol–water partition coefficient (Wildman–Crippen LogP) is -11.5. The molecule has 0 aromatic rings. The molecule has 0 rings (SSSR count). The molecule has 0 spiro atoms. The summed E-state index contributed by atoms with van der Waals surface area (Å²) in [5.41, 5.74) is 0. The molecule has 0 aromatic carbocycles. The average molecular weight is 220 g/mol. The Morgan fingerprint density at radius 2 is 1.00 bits per heavy atom. The molecule has 0 fully saturated rings. The first-order chi connectivity index (χ1) is 3.00. The summed E-state index contributed by atoms with van der Waals surface area (Å²) in [5, 5.41) is 0. The van der Waals surface area contributed by atoms with Crippen LogP contribution in [0.4, 0.5) is 0 Å². The summed E-state index contributed by atoms with van der Waals surface area (Å²) in [7, 11) is -1.31. The molecule has 0 atom stereocenters. The topological polar surface area (TPSA) is 86.2 Å². The van der Waals surface area contributed by atoms with Gasteiger partial charge in [-0.05, 0) is 0 Å². The van der Waals surface area contributed by atoms with E-state index in [-0.39, 0.29) is 56.6 Å². The van der Waals surface area contributed by atoms with Gasteiger partial charge in [0.15, 0.2) is 0 Å². The second kappa shape index (κ2) is 17.7. The van der Waals surface area contributed by atoms with Gasteiger partial charge in [0.2, 0.25) is 0 Å². The van der Waals surface area contributed by atoms with Crippen molar-refractivity contribution in [2.75, 3.05) is 0 Å². The molecule has 0 amide bonds. The molecule has 2 radical (unpaired) electrons. The van der Waals surface area contributed by atoms with Crippen LogP contribution in [0.15, 0.2) is 0 Å². The molecule has 10 heavy (non-hydrogen) atoms. The molecule has 0 aliphatic carbocycles. The first kappa shape index (κ1) is 29.3. The third-order valence-corrected chi connectivity index (χ3v) is 0. The van der Waals surface area contributed by atoms with Gasteiger partial charge in [0.25, 0.3) is 0 Å². The maximum absolute atomic E-state index is 8.55. The molecule has 0 N–H and O–H groups in total. The van der Waals surface area contributed by atoms with Crippen molar-refractivity contribution in [1.82, 2.24) is 0 Å². The van der Waals surface area contributed by atoms with Crippen molar-refractivity contribution < 1.29 is 75.8 Å². The van der Waals surface area contributed by atoms with E-state index in [9.17, 15) is 0 Å². The Morgan fingerprint density at radius 1 is 1.00 bits per heavy atom.